The molecule has 0 bridgehead atoms. The minimum atomic E-state index is -2.02. The van der Waals surface area contributed by atoms with E-state index in [4.69, 9.17) is 46.3 Å². The van der Waals surface area contributed by atoms with Crippen LogP contribution in [-0.4, -0.2) is 35.9 Å². The van der Waals surface area contributed by atoms with Crippen LogP contribution in [0.4, 0.5) is 11.4 Å². The molecule has 124 valence electrons. The molecule has 1 aromatic carbocycles. The Morgan fingerprint density at radius 1 is 1.09 bits per heavy atom. The minimum absolute atomic E-state index is 0.481. The number of hydrogen-bond donors (Lipinski definition) is 5. The number of carbonyl (C=O) groups excluding carboxylic acids is 1. The van der Waals surface area contributed by atoms with Crippen LogP contribution in [0.3, 0.4) is 0 Å². The van der Waals surface area contributed by atoms with Gasteiger partial charge in [0, 0.05) is 44.1 Å². The Kier molecular flexibility index (Phi) is 8.24. The second kappa shape index (κ2) is 9.39. The molecule has 0 aromatic heterocycles. The van der Waals surface area contributed by atoms with Crippen LogP contribution in [0, 0.1) is 0 Å². The Morgan fingerprint density at radius 3 is 2.41 bits per heavy atom. The van der Waals surface area contributed by atoms with Crippen molar-refractivity contribution < 1.29 is 4.79 Å². The van der Waals surface area contributed by atoms with Crippen LogP contribution in [0.1, 0.15) is 5.56 Å². The number of nitrogen functional groups attached to an aromatic ring is 1. The van der Waals surface area contributed by atoms with Gasteiger partial charge in [0.15, 0.2) is 0 Å². The Labute approximate surface area is 144 Å². The minimum Gasteiger partial charge on any atom is -0.399 e. The maximum Gasteiger partial charge on any atom is 0.276 e. The van der Waals surface area contributed by atoms with Crippen molar-refractivity contribution in [1.82, 2.24) is 10.6 Å². The molecule has 0 aliphatic carbocycles. The number of benzene rings is 1. The topological polar surface area (TPSA) is 105 Å². The summed E-state index contributed by atoms with van der Waals surface area (Å²) in [6.45, 7) is 3.60. The summed E-state index contributed by atoms with van der Waals surface area (Å²) in [5.74, 6) is -0.729. The number of halogens is 3. The van der Waals surface area contributed by atoms with Crippen molar-refractivity contribution >= 4 is 52.1 Å². The number of carbonyl (C=O) groups is 1. The molecular weight excluding hydrogens is 349 g/mol. The summed E-state index contributed by atoms with van der Waals surface area (Å²) in [6, 6.07) is 5.18. The lowest BCUT2D eigenvalue weighted by atomic mass is 10.1. The highest BCUT2D eigenvalue weighted by Crippen LogP contribution is 2.28. The number of nitrogens with two attached hydrogens (primary N) is 2. The van der Waals surface area contributed by atoms with Crippen LogP contribution in [0.15, 0.2) is 18.2 Å². The number of amides is 1. The van der Waals surface area contributed by atoms with Crippen molar-refractivity contribution in [3.05, 3.63) is 23.8 Å². The third-order valence-corrected chi connectivity index (χ3v) is 3.17. The SMILES string of the molecule is NCCNCCNCc1cc(N)cc(NC(=O)C(Cl)(Cl)Cl)c1. The zero-order valence-corrected chi connectivity index (χ0v) is 14.2. The van der Waals surface area contributed by atoms with Gasteiger partial charge in [-0.05, 0) is 23.8 Å². The lowest BCUT2D eigenvalue weighted by Gasteiger charge is -2.13. The second-order valence-corrected chi connectivity index (χ2v) is 6.91. The third kappa shape index (κ3) is 7.49. The van der Waals surface area contributed by atoms with E-state index in [2.05, 4.69) is 16.0 Å². The van der Waals surface area contributed by atoms with Gasteiger partial charge in [-0.15, -0.1) is 0 Å². The van der Waals surface area contributed by atoms with Gasteiger partial charge >= 0.3 is 0 Å². The molecule has 6 nitrogen and oxygen atoms in total. The smallest absolute Gasteiger partial charge is 0.276 e. The molecule has 0 saturated heterocycles. The highest BCUT2D eigenvalue weighted by Gasteiger charge is 2.30. The highest BCUT2D eigenvalue weighted by atomic mass is 35.6. The zero-order valence-electron chi connectivity index (χ0n) is 12.0. The quantitative estimate of drug-likeness (QED) is 0.269. The molecule has 0 atom stereocenters. The Hall–Kier alpha value is -0.760. The van der Waals surface area contributed by atoms with E-state index in [1.807, 2.05) is 6.07 Å². The monoisotopic (exact) mass is 367 g/mol. The first-order valence-electron chi connectivity index (χ1n) is 6.72. The van der Waals surface area contributed by atoms with Gasteiger partial charge in [-0.25, -0.2) is 0 Å². The van der Waals surface area contributed by atoms with E-state index >= 15 is 0 Å². The van der Waals surface area contributed by atoms with Crippen molar-refractivity contribution in [3.8, 4) is 0 Å². The first-order valence-corrected chi connectivity index (χ1v) is 7.85. The van der Waals surface area contributed by atoms with E-state index in [9.17, 15) is 4.79 Å². The van der Waals surface area contributed by atoms with E-state index in [0.717, 1.165) is 25.2 Å². The fraction of sp³-hybridized carbons (Fsp3) is 0.462. The summed E-state index contributed by atoms with van der Waals surface area (Å²) < 4.78 is -2.02. The van der Waals surface area contributed by atoms with Crippen LogP contribution in [-0.2, 0) is 11.3 Å². The van der Waals surface area contributed by atoms with Gasteiger partial charge in [0.05, 0.1) is 0 Å². The number of hydrogen-bond acceptors (Lipinski definition) is 5. The molecule has 0 heterocycles. The van der Waals surface area contributed by atoms with Crippen molar-refractivity contribution in [1.29, 1.82) is 0 Å². The summed E-state index contributed by atoms with van der Waals surface area (Å²) in [5.41, 5.74) is 13.1. The zero-order chi connectivity index (χ0) is 16.6. The molecule has 1 aromatic rings. The van der Waals surface area contributed by atoms with Gasteiger partial charge in [0.2, 0.25) is 0 Å². The van der Waals surface area contributed by atoms with Gasteiger partial charge in [0.25, 0.3) is 9.70 Å². The lowest BCUT2D eigenvalue weighted by Crippen LogP contribution is -2.30. The molecule has 0 spiro atoms. The van der Waals surface area contributed by atoms with Crippen molar-refractivity contribution in [2.24, 2.45) is 5.73 Å². The molecule has 1 rings (SSSR count). The predicted octanol–water partition coefficient (Wildman–Crippen LogP) is 1.22. The van der Waals surface area contributed by atoms with Gasteiger partial charge in [-0.2, -0.15) is 0 Å². The lowest BCUT2D eigenvalue weighted by molar-refractivity contribution is -0.115. The van der Waals surface area contributed by atoms with E-state index in [1.54, 1.807) is 12.1 Å². The van der Waals surface area contributed by atoms with Crippen molar-refractivity contribution in [2.45, 2.75) is 10.3 Å². The summed E-state index contributed by atoms with van der Waals surface area (Å²) in [5, 5.41) is 8.94. The maximum absolute atomic E-state index is 11.6. The van der Waals surface area contributed by atoms with E-state index in [1.165, 1.54) is 0 Å². The number of anilines is 2. The molecule has 9 heteroatoms. The fourth-order valence-electron chi connectivity index (χ4n) is 1.73. The molecule has 0 aliphatic heterocycles. The largest absolute Gasteiger partial charge is 0.399 e. The van der Waals surface area contributed by atoms with E-state index in [-0.39, 0.29) is 0 Å². The fourth-order valence-corrected chi connectivity index (χ4v) is 1.87. The van der Waals surface area contributed by atoms with Gasteiger partial charge < -0.3 is 27.4 Å². The Balaban J connectivity index is 2.53. The molecule has 0 unspecified atom stereocenters. The van der Waals surface area contributed by atoms with Gasteiger partial charge in [-0.3, -0.25) is 4.79 Å². The first kappa shape index (κ1) is 19.3. The predicted molar refractivity (Wildman–Crippen MR) is 93.4 cm³/mol. The van der Waals surface area contributed by atoms with Crippen LogP contribution in [0.2, 0.25) is 0 Å². The van der Waals surface area contributed by atoms with Gasteiger partial charge in [-0.1, -0.05) is 34.8 Å². The Bertz CT molecular complexity index is 493. The third-order valence-electron chi connectivity index (χ3n) is 2.66. The average Bonchev–Trinajstić information content (AvgIpc) is 2.41. The van der Waals surface area contributed by atoms with Crippen molar-refractivity contribution in [3.63, 3.8) is 0 Å². The maximum atomic E-state index is 11.6. The average molecular weight is 369 g/mol. The normalized spacial score (nSPS) is 11.5. The summed E-state index contributed by atoms with van der Waals surface area (Å²) in [6.07, 6.45) is 0. The van der Waals surface area contributed by atoms with E-state index < -0.39 is 9.70 Å². The van der Waals surface area contributed by atoms with Crippen LogP contribution in [0.25, 0.3) is 0 Å². The molecule has 22 heavy (non-hydrogen) atoms. The van der Waals surface area contributed by atoms with Gasteiger partial charge in [0.1, 0.15) is 0 Å². The molecule has 7 N–H and O–H groups in total. The highest BCUT2D eigenvalue weighted by molar-refractivity contribution is 6.76. The summed E-state index contributed by atoms with van der Waals surface area (Å²) in [4.78, 5) is 11.6. The standard InChI is InChI=1S/C13H20Cl3N5O/c14-13(15,16)12(22)21-11-6-9(5-10(18)7-11)8-20-4-3-19-2-1-17/h5-7,19-20H,1-4,8,17-18H2,(H,21,22). The summed E-state index contributed by atoms with van der Waals surface area (Å²) >= 11 is 16.5. The van der Waals surface area contributed by atoms with Crippen LogP contribution < -0.4 is 27.4 Å². The molecular formula is C13H20Cl3N5O. The van der Waals surface area contributed by atoms with E-state index in [0.29, 0.717) is 24.5 Å². The van der Waals surface area contributed by atoms with Crippen LogP contribution >= 0.6 is 34.8 Å². The number of alkyl halides is 3. The molecule has 1 amide bonds. The molecule has 0 radical (unpaired) electrons. The second-order valence-electron chi connectivity index (χ2n) is 4.63. The summed E-state index contributed by atoms with van der Waals surface area (Å²) in [7, 11) is 0. The van der Waals surface area contributed by atoms with Crippen molar-refractivity contribution in [2.75, 3.05) is 37.2 Å². The molecule has 0 saturated carbocycles. The first-order chi connectivity index (χ1) is 10.3. The Morgan fingerprint density at radius 2 is 1.77 bits per heavy atom. The molecule has 0 fully saturated rings. The number of rotatable bonds is 8. The molecule has 0 aliphatic rings. The number of nitrogens with one attached hydrogen (secondary N) is 3. The van der Waals surface area contributed by atoms with Crippen LogP contribution in [0.5, 0.6) is 0 Å².